The molecule has 2 saturated heterocycles. The predicted octanol–water partition coefficient (Wildman–Crippen LogP) is -0.0706. The van der Waals surface area contributed by atoms with E-state index >= 15 is 0 Å². The van der Waals surface area contributed by atoms with Crippen LogP contribution >= 0.6 is 0 Å². The van der Waals surface area contributed by atoms with Crippen LogP contribution in [0.4, 0.5) is 0 Å². The number of hydrogen-bond donors (Lipinski definition) is 1. The molecule has 0 bridgehead atoms. The van der Waals surface area contributed by atoms with E-state index in [9.17, 15) is 13.2 Å². The van der Waals surface area contributed by atoms with Crippen molar-refractivity contribution in [3.05, 3.63) is 0 Å². The Balaban J connectivity index is 1.90. The summed E-state index contributed by atoms with van der Waals surface area (Å²) in [5, 5.41) is 0. The van der Waals surface area contributed by atoms with Crippen LogP contribution in [0.15, 0.2) is 0 Å². The maximum Gasteiger partial charge on any atom is 0.309 e. The zero-order valence-corrected chi connectivity index (χ0v) is 13.3. The van der Waals surface area contributed by atoms with Crippen molar-refractivity contribution in [2.75, 3.05) is 32.8 Å². The Morgan fingerprint density at radius 3 is 2.05 bits per heavy atom. The minimum Gasteiger partial charge on any atom is -0.466 e. The molecule has 0 atom stereocenters. The minimum absolute atomic E-state index is 0.103. The largest absolute Gasteiger partial charge is 0.466 e. The lowest BCUT2D eigenvalue weighted by molar-refractivity contribution is -0.149. The molecule has 0 aromatic heterocycles. The van der Waals surface area contributed by atoms with Crippen LogP contribution in [0.5, 0.6) is 0 Å². The van der Waals surface area contributed by atoms with E-state index in [1.54, 1.807) is 6.92 Å². The number of esters is 1. The lowest BCUT2D eigenvalue weighted by atomic mass is 9.98. The molecule has 0 aromatic carbocycles. The molecule has 21 heavy (non-hydrogen) atoms. The van der Waals surface area contributed by atoms with Crippen LogP contribution in [-0.4, -0.2) is 61.8 Å². The van der Waals surface area contributed by atoms with Crippen molar-refractivity contribution in [1.82, 2.24) is 8.61 Å². The van der Waals surface area contributed by atoms with Crippen molar-refractivity contribution in [3.8, 4) is 0 Å². The van der Waals surface area contributed by atoms with E-state index in [0.29, 0.717) is 58.5 Å². The molecule has 122 valence electrons. The second-order valence-electron chi connectivity index (χ2n) is 5.67. The molecule has 0 aliphatic carbocycles. The van der Waals surface area contributed by atoms with Gasteiger partial charge in [0.25, 0.3) is 10.2 Å². The maximum atomic E-state index is 12.5. The second kappa shape index (κ2) is 7.04. The molecule has 8 heteroatoms. The number of carbonyl (C=O) groups is 1. The van der Waals surface area contributed by atoms with Gasteiger partial charge in [0.1, 0.15) is 0 Å². The average Bonchev–Trinajstić information content (AvgIpc) is 2.48. The summed E-state index contributed by atoms with van der Waals surface area (Å²) in [5.74, 6) is -0.385. The lowest BCUT2D eigenvalue weighted by Crippen LogP contribution is -2.51. The molecule has 2 fully saturated rings. The number of nitrogens with two attached hydrogens (primary N) is 1. The fourth-order valence-electron chi connectivity index (χ4n) is 2.85. The summed E-state index contributed by atoms with van der Waals surface area (Å²) in [6.07, 6.45) is 2.48. The number of rotatable bonds is 4. The van der Waals surface area contributed by atoms with Gasteiger partial charge in [-0.05, 0) is 32.6 Å². The van der Waals surface area contributed by atoms with Crippen LogP contribution in [0.3, 0.4) is 0 Å². The van der Waals surface area contributed by atoms with E-state index in [0.717, 1.165) is 0 Å². The Hall–Kier alpha value is -0.700. The molecule has 7 nitrogen and oxygen atoms in total. The van der Waals surface area contributed by atoms with E-state index in [2.05, 4.69) is 0 Å². The minimum atomic E-state index is -3.41. The summed E-state index contributed by atoms with van der Waals surface area (Å²) in [5.41, 5.74) is 5.81. The van der Waals surface area contributed by atoms with Crippen LogP contribution in [0.25, 0.3) is 0 Å². The predicted molar refractivity (Wildman–Crippen MR) is 78.6 cm³/mol. The second-order valence-corrected chi connectivity index (χ2v) is 7.60. The van der Waals surface area contributed by atoms with Crippen molar-refractivity contribution in [1.29, 1.82) is 0 Å². The summed E-state index contributed by atoms with van der Waals surface area (Å²) >= 11 is 0. The first-order valence-corrected chi connectivity index (χ1v) is 9.02. The molecular formula is C13H25N3O4S. The monoisotopic (exact) mass is 319 g/mol. The molecule has 2 aliphatic heterocycles. The SMILES string of the molecule is CCOC(=O)C1CCN(S(=O)(=O)N2CCC(N)CC2)CC1. The highest BCUT2D eigenvalue weighted by atomic mass is 32.2. The van der Waals surface area contributed by atoms with Crippen LogP contribution in [0.1, 0.15) is 32.6 Å². The van der Waals surface area contributed by atoms with Gasteiger partial charge in [-0.3, -0.25) is 4.79 Å². The third kappa shape index (κ3) is 3.94. The smallest absolute Gasteiger partial charge is 0.309 e. The Labute approximate surface area is 126 Å². The Kier molecular flexibility index (Phi) is 5.59. The summed E-state index contributed by atoms with van der Waals surface area (Å²) in [4.78, 5) is 11.7. The van der Waals surface area contributed by atoms with Gasteiger partial charge in [0.05, 0.1) is 12.5 Å². The van der Waals surface area contributed by atoms with Gasteiger partial charge >= 0.3 is 5.97 Å². The van der Waals surface area contributed by atoms with E-state index in [4.69, 9.17) is 10.5 Å². The zero-order chi connectivity index (χ0) is 15.5. The fraction of sp³-hybridized carbons (Fsp3) is 0.923. The fourth-order valence-corrected chi connectivity index (χ4v) is 4.52. The maximum absolute atomic E-state index is 12.5. The average molecular weight is 319 g/mol. The number of hydrogen-bond acceptors (Lipinski definition) is 5. The number of ether oxygens (including phenoxy) is 1. The van der Waals surface area contributed by atoms with Crippen LogP contribution in [0, 0.1) is 5.92 Å². The Morgan fingerprint density at radius 2 is 1.57 bits per heavy atom. The molecule has 2 rings (SSSR count). The highest BCUT2D eigenvalue weighted by molar-refractivity contribution is 7.86. The van der Waals surface area contributed by atoms with E-state index in [-0.39, 0.29) is 17.9 Å². The first-order chi connectivity index (χ1) is 9.95. The standard InChI is InChI=1S/C13H25N3O4S/c1-2-20-13(17)11-3-7-15(8-4-11)21(18,19)16-9-5-12(14)6-10-16/h11-12H,2-10,14H2,1H3. The van der Waals surface area contributed by atoms with Crippen molar-refractivity contribution < 1.29 is 17.9 Å². The summed E-state index contributed by atoms with van der Waals surface area (Å²) < 4.78 is 33.1. The summed E-state index contributed by atoms with van der Waals surface area (Å²) in [7, 11) is -3.41. The lowest BCUT2D eigenvalue weighted by Gasteiger charge is -2.36. The van der Waals surface area contributed by atoms with E-state index < -0.39 is 10.2 Å². The highest BCUT2D eigenvalue weighted by Gasteiger charge is 2.36. The number of nitrogens with zero attached hydrogens (tertiary/aromatic N) is 2. The molecule has 2 heterocycles. The Morgan fingerprint density at radius 1 is 1.10 bits per heavy atom. The number of piperidine rings is 2. The molecular weight excluding hydrogens is 294 g/mol. The Bertz CT molecular complexity index is 452. The van der Waals surface area contributed by atoms with Crippen LogP contribution < -0.4 is 5.73 Å². The van der Waals surface area contributed by atoms with E-state index in [1.165, 1.54) is 8.61 Å². The quantitative estimate of drug-likeness (QED) is 0.732. The van der Waals surface area contributed by atoms with Crippen molar-refractivity contribution in [2.45, 2.75) is 38.6 Å². The van der Waals surface area contributed by atoms with Gasteiger partial charge in [0.15, 0.2) is 0 Å². The summed E-state index contributed by atoms with van der Waals surface area (Å²) in [6.45, 7) is 3.88. The third-order valence-electron chi connectivity index (χ3n) is 4.23. The third-order valence-corrected chi connectivity index (χ3v) is 6.26. The normalized spacial score (nSPS) is 24.1. The van der Waals surface area contributed by atoms with Gasteiger partial charge in [-0.1, -0.05) is 0 Å². The van der Waals surface area contributed by atoms with E-state index in [1.807, 2.05) is 0 Å². The van der Waals surface area contributed by atoms with Crippen molar-refractivity contribution in [2.24, 2.45) is 11.7 Å². The molecule has 0 aromatic rings. The highest BCUT2D eigenvalue weighted by Crippen LogP contribution is 2.24. The van der Waals surface area contributed by atoms with Crippen LogP contribution in [0.2, 0.25) is 0 Å². The van der Waals surface area contributed by atoms with Gasteiger partial charge in [0.2, 0.25) is 0 Å². The summed E-state index contributed by atoms with van der Waals surface area (Å²) in [6, 6.07) is 0.103. The molecule has 0 amide bonds. The van der Waals surface area contributed by atoms with Gasteiger partial charge < -0.3 is 10.5 Å². The molecule has 2 aliphatic rings. The molecule has 0 radical (unpaired) electrons. The topological polar surface area (TPSA) is 92.9 Å². The van der Waals surface area contributed by atoms with Gasteiger partial charge in [-0.15, -0.1) is 0 Å². The first kappa shape index (κ1) is 16.7. The van der Waals surface area contributed by atoms with Gasteiger partial charge in [-0.25, -0.2) is 0 Å². The van der Waals surface area contributed by atoms with Gasteiger partial charge in [-0.2, -0.15) is 17.0 Å². The number of carbonyl (C=O) groups excluding carboxylic acids is 1. The van der Waals surface area contributed by atoms with Gasteiger partial charge in [0, 0.05) is 32.2 Å². The molecule has 0 unspecified atom stereocenters. The van der Waals surface area contributed by atoms with Crippen molar-refractivity contribution >= 4 is 16.2 Å². The molecule has 0 spiro atoms. The van der Waals surface area contributed by atoms with Crippen LogP contribution in [-0.2, 0) is 19.7 Å². The van der Waals surface area contributed by atoms with Crippen molar-refractivity contribution in [3.63, 3.8) is 0 Å². The molecule has 2 N–H and O–H groups in total. The zero-order valence-electron chi connectivity index (χ0n) is 12.5. The first-order valence-electron chi connectivity index (χ1n) is 7.62. The molecule has 0 saturated carbocycles.